The van der Waals surface area contributed by atoms with Crippen LogP contribution in [-0.4, -0.2) is 29.0 Å². The topological polar surface area (TPSA) is 97.9 Å². The molecule has 0 radical (unpaired) electrons. The van der Waals surface area contributed by atoms with Gasteiger partial charge >= 0.3 is 0 Å². The van der Waals surface area contributed by atoms with E-state index in [9.17, 15) is 4.79 Å². The molecule has 8 nitrogen and oxygen atoms in total. The lowest BCUT2D eigenvalue weighted by Crippen LogP contribution is -2.20. The maximum Gasteiger partial charge on any atom is 0.262 e. The average molecular weight is 428 g/mol. The maximum atomic E-state index is 12.3. The number of nitriles is 1. The van der Waals surface area contributed by atoms with Gasteiger partial charge in [0.05, 0.1) is 24.4 Å². The van der Waals surface area contributed by atoms with Crippen molar-refractivity contribution in [1.82, 2.24) is 9.38 Å². The van der Waals surface area contributed by atoms with E-state index in [1.54, 1.807) is 36.4 Å². The Balaban J connectivity index is 1.33. The van der Waals surface area contributed by atoms with Crippen molar-refractivity contribution in [2.45, 2.75) is 6.61 Å². The van der Waals surface area contributed by atoms with E-state index in [1.807, 2.05) is 47.1 Å². The van der Waals surface area contributed by atoms with Gasteiger partial charge in [0.2, 0.25) is 0 Å². The first-order valence-electron chi connectivity index (χ1n) is 9.81. The number of imidazole rings is 1. The summed E-state index contributed by atoms with van der Waals surface area (Å²) in [6.07, 6.45) is 3.84. The molecule has 0 bridgehead atoms. The largest absolute Gasteiger partial charge is 0.493 e. The number of methoxy groups -OCH3 is 1. The Bertz CT molecular complexity index is 1260. The van der Waals surface area contributed by atoms with Crippen molar-refractivity contribution in [1.29, 1.82) is 5.26 Å². The van der Waals surface area contributed by atoms with Gasteiger partial charge in [-0.1, -0.05) is 12.1 Å². The maximum absolute atomic E-state index is 12.3. The normalized spacial score (nSPS) is 10.4. The number of hydrogen-bond donors (Lipinski definition) is 1. The van der Waals surface area contributed by atoms with Crippen molar-refractivity contribution in [2.24, 2.45) is 0 Å². The molecule has 0 fully saturated rings. The summed E-state index contributed by atoms with van der Waals surface area (Å²) >= 11 is 0. The molecule has 2 aromatic heterocycles. The highest BCUT2D eigenvalue weighted by Crippen LogP contribution is 2.28. The van der Waals surface area contributed by atoms with Gasteiger partial charge in [0.15, 0.2) is 18.1 Å². The Hall–Kier alpha value is -4.51. The van der Waals surface area contributed by atoms with Gasteiger partial charge in [-0.25, -0.2) is 4.98 Å². The first kappa shape index (κ1) is 20.8. The van der Waals surface area contributed by atoms with E-state index < -0.39 is 0 Å². The van der Waals surface area contributed by atoms with Crippen LogP contribution in [0.25, 0.3) is 5.65 Å². The standard InChI is InChI=1S/C24H20N4O4/c1-30-22-11-17(13-25)8-9-21(22)32-16-24(29)27-18-5-4-6-20(12-18)31-15-19-14-28-10-3-2-7-23(28)26-19/h2-12,14H,15-16H2,1H3,(H,27,29). The molecule has 0 aliphatic heterocycles. The van der Waals surface area contributed by atoms with Crippen molar-refractivity contribution in [3.8, 4) is 23.3 Å². The van der Waals surface area contributed by atoms with Crippen LogP contribution in [0.2, 0.25) is 0 Å². The fourth-order valence-corrected chi connectivity index (χ4v) is 3.07. The van der Waals surface area contributed by atoms with E-state index in [1.165, 1.54) is 7.11 Å². The van der Waals surface area contributed by atoms with Crippen molar-refractivity contribution in [2.75, 3.05) is 19.0 Å². The molecule has 4 aromatic rings. The number of benzene rings is 2. The lowest BCUT2D eigenvalue weighted by Gasteiger charge is -2.11. The van der Waals surface area contributed by atoms with Gasteiger partial charge < -0.3 is 23.9 Å². The fraction of sp³-hybridized carbons (Fsp3) is 0.125. The molecule has 0 atom stereocenters. The van der Waals surface area contributed by atoms with Crippen LogP contribution in [0.15, 0.2) is 73.1 Å². The zero-order valence-corrected chi connectivity index (χ0v) is 17.3. The number of pyridine rings is 1. The third-order valence-electron chi connectivity index (χ3n) is 4.57. The number of hydrogen-bond acceptors (Lipinski definition) is 6. The second-order valence-electron chi connectivity index (χ2n) is 6.83. The van der Waals surface area contributed by atoms with Crippen LogP contribution in [0.1, 0.15) is 11.3 Å². The third kappa shape index (κ3) is 4.96. The molecule has 0 aliphatic rings. The SMILES string of the molecule is COc1cc(C#N)ccc1OCC(=O)Nc1cccc(OCc2cn3ccccc3n2)c1. The van der Waals surface area contributed by atoms with E-state index in [2.05, 4.69) is 10.3 Å². The van der Waals surface area contributed by atoms with Gasteiger partial charge in [0.1, 0.15) is 18.0 Å². The summed E-state index contributed by atoms with van der Waals surface area (Å²) in [5.74, 6) is 1.04. The van der Waals surface area contributed by atoms with Gasteiger partial charge in [0.25, 0.3) is 5.91 Å². The quantitative estimate of drug-likeness (QED) is 0.458. The molecule has 1 N–H and O–H groups in total. The number of carbonyl (C=O) groups is 1. The third-order valence-corrected chi connectivity index (χ3v) is 4.57. The number of rotatable bonds is 8. The molecule has 0 aliphatic carbocycles. The van der Waals surface area contributed by atoms with Crippen molar-refractivity contribution < 1.29 is 19.0 Å². The van der Waals surface area contributed by atoms with E-state index in [4.69, 9.17) is 19.5 Å². The number of aromatic nitrogens is 2. The zero-order valence-electron chi connectivity index (χ0n) is 17.3. The fourth-order valence-electron chi connectivity index (χ4n) is 3.07. The van der Waals surface area contributed by atoms with Crippen LogP contribution < -0.4 is 19.5 Å². The number of amides is 1. The zero-order chi connectivity index (χ0) is 22.3. The summed E-state index contributed by atoms with van der Waals surface area (Å²) < 4.78 is 18.5. The number of anilines is 1. The van der Waals surface area contributed by atoms with Gasteiger partial charge in [-0.15, -0.1) is 0 Å². The molecule has 2 aromatic carbocycles. The van der Waals surface area contributed by atoms with Crippen LogP contribution in [0.4, 0.5) is 5.69 Å². The molecule has 0 spiro atoms. The molecular weight excluding hydrogens is 408 g/mol. The number of nitrogens with zero attached hydrogens (tertiary/aromatic N) is 3. The highest BCUT2D eigenvalue weighted by molar-refractivity contribution is 5.92. The number of ether oxygens (including phenoxy) is 3. The minimum atomic E-state index is -0.339. The van der Waals surface area contributed by atoms with Crippen LogP contribution in [0, 0.1) is 11.3 Å². The lowest BCUT2D eigenvalue weighted by atomic mass is 10.2. The second-order valence-corrected chi connectivity index (χ2v) is 6.83. The summed E-state index contributed by atoms with van der Waals surface area (Å²) in [6.45, 7) is 0.0925. The average Bonchev–Trinajstić information content (AvgIpc) is 3.24. The lowest BCUT2D eigenvalue weighted by molar-refractivity contribution is -0.118. The van der Waals surface area contributed by atoms with Crippen LogP contribution >= 0.6 is 0 Å². The summed E-state index contributed by atoms with van der Waals surface area (Å²) in [5.41, 5.74) is 2.68. The minimum absolute atomic E-state index is 0.214. The first-order valence-corrected chi connectivity index (χ1v) is 9.81. The molecular formula is C24H20N4O4. The number of nitrogens with one attached hydrogen (secondary N) is 1. The molecule has 2 heterocycles. The Morgan fingerprint density at radius 2 is 2.00 bits per heavy atom. The smallest absolute Gasteiger partial charge is 0.262 e. The summed E-state index contributed by atoms with van der Waals surface area (Å²) in [5, 5.41) is 11.7. The Labute approximate surface area is 184 Å². The van der Waals surface area contributed by atoms with E-state index in [-0.39, 0.29) is 12.5 Å². The van der Waals surface area contributed by atoms with Crippen LogP contribution in [-0.2, 0) is 11.4 Å². The highest BCUT2D eigenvalue weighted by Gasteiger charge is 2.10. The van der Waals surface area contributed by atoms with Crippen molar-refractivity contribution in [3.63, 3.8) is 0 Å². The predicted molar refractivity (Wildman–Crippen MR) is 118 cm³/mol. The molecule has 160 valence electrons. The van der Waals surface area contributed by atoms with Crippen LogP contribution in [0.5, 0.6) is 17.2 Å². The van der Waals surface area contributed by atoms with E-state index in [0.29, 0.717) is 35.1 Å². The molecule has 8 heteroatoms. The Morgan fingerprint density at radius 3 is 2.81 bits per heavy atom. The molecule has 0 unspecified atom stereocenters. The monoisotopic (exact) mass is 428 g/mol. The van der Waals surface area contributed by atoms with Gasteiger partial charge in [-0.2, -0.15) is 5.26 Å². The predicted octanol–water partition coefficient (Wildman–Crippen LogP) is 3.81. The summed E-state index contributed by atoms with van der Waals surface area (Å²) in [4.78, 5) is 16.8. The van der Waals surface area contributed by atoms with Gasteiger partial charge in [-0.3, -0.25) is 4.79 Å². The highest BCUT2D eigenvalue weighted by atomic mass is 16.5. The minimum Gasteiger partial charge on any atom is -0.493 e. The summed E-state index contributed by atoms with van der Waals surface area (Å²) in [7, 11) is 1.47. The Kier molecular flexibility index (Phi) is 6.18. The summed E-state index contributed by atoms with van der Waals surface area (Å²) in [6, 6.07) is 19.7. The molecule has 0 saturated heterocycles. The molecule has 4 rings (SSSR count). The van der Waals surface area contributed by atoms with Crippen molar-refractivity contribution in [3.05, 3.63) is 84.3 Å². The number of fused-ring (bicyclic) bond motifs is 1. The van der Waals surface area contributed by atoms with Crippen molar-refractivity contribution >= 4 is 17.2 Å². The second kappa shape index (κ2) is 9.53. The molecule has 1 amide bonds. The van der Waals surface area contributed by atoms with Gasteiger partial charge in [0, 0.05) is 30.2 Å². The first-order chi connectivity index (χ1) is 15.6. The van der Waals surface area contributed by atoms with Crippen LogP contribution in [0.3, 0.4) is 0 Å². The van der Waals surface area contributed by atoms with E-state index >= 15 is 0 Å². The van der Waals surface area contributed by atoms with E-state index in [0.717, 1.165) is 11.3 Å². The number of carbonyl (C=O) groups excluding carboxylic acids is 1. The molecule has 0 saturated carbocycles. The van der Waals surface area contributed by atoms with Gasteiger partial charge in [-0.05, 0) is 36.4 Å². The molecule has 32 heavy (non-hydrogen) atoms. The Morgan fingerprint density at radius 1 is 1.09 bits per heavy atom.